The molecule has 0 bridgehead atoms. The maximum atomic E-state index is 11.1. The number of carboxylic acids is 1. The van der Waals surface area contributed by atoms with Crippen LogP contribution in [0.2, 0.25) is 0 Å². The SMILES string of the molecule is COc1ccc(NC(CC(=O)O)C(C)(C)C)c([N+](=O)[O-])c1. The predicted molar refractivity (Wildman–Crippen MR) is 78.8 cm³/mol. The number of hydrogen-bond donors (Lipinski definition) is 2. The Morgan fingerprint density at radius 1 is 1.48 bits per heavy atom. The highest BCUT2D eigenvalue weighted by Crippen LogP contribution is 2.33. The maximum absolute atomic E-state index is 11.1. The van der Waals surface area contributed by atoms with E-state index < -0.39 is 16.9 Å². The summed E-state index contributed by atoms with van der Waals surface area (Å²) in [6.07, 6.45) is -0.132. The van der Waals surface area contributed by atoms with Crippen LogP contribution in [-0.2, 0) is 4.79 Å². The van der Waals surface area contributed by atoms with E-state index in [0.29, 0.717) is 5.75 Å². The second-order valence-corrected chi connectivity index (χ2v) is 5.80. The molecule has 1 rings (SSSR count). The first-order valence-electron chi connectivity index (χ1n) is 6.46. The van der Waals surface area contributed by atoms with Crippen LogP contribution >= 0.6 is 0 Å². The molecule has 0 aliphatic carbocycles. The van der Waals surface area contributed by atoms with Crippen LogP contribution < -0.4 is 10.1 Å². The van der Waals surface area contributed by atoms with Crippen LogP contribution in [0.5, 0.6) is 5.75 Å². The summed E-state index contributed by atoms with van der Waals surface area (Å²) in [7, 11) is 1.43. The lowest BCUT2D eigenvalue weighted by Gasteiger charge is -2.31. The second-order valence-electron chi connectivity index (χ2n) is 5.80. The number of nitrogens with one attached hydrogen (secondary N) is 1. The second kappa shape index (κ2) is 6.43. The summed E-state index contributed by atoms with van der Waals surface area (Å²) in [5, 5.41) is 23.1. The van der Waals surface area contributed by atoms with E-state index in [1.54, 1.807) is 6.07 Å². The summed E-state index contributed by atoms with van der Waals surface area (Å²) in [5.74, 6) is -0.587. The molecule has 0 aliphatic heterocycles. The maximum Gasteiger partial charge on any atom is 0.305 e. The van der Waals surface area contributed by atoms with Crippen LogP contribution in [0, 0.1) is 15.5 Å². The van der Waals surface area contributed by atoms with Crippen LogP contribution in [0.25, 0.3) is 0 Å². The average molecular weight is 296 g/mol. The Morgan fingerprint density at radius 3 is 2.52 bits per heavy atom. The zero-order valence-electron chi connectivity index (χ0n) is 12.5. The Labute approximate surface area is 123 Å². The third-order valence-corrected chi connectivity index (χ3v) is 3.16. The van der Waals surface area contributed by atoms with Gasteiger partial charge >= 0.3 is 5.97 Å². The van der Waals surface area contributed by atoms with Crippen molar-refractivity contribution in [1.29, 1.82) is 0 Å². The number of nitrogens with zero attached hydrogens (tertiary/aromatic N) is 1. The van der Waals surface area contributed by atoms with E-state index in [9.17, 15) is 14.9 Å². The van der Waals surface area contributed by atoms with Crippen LogP contribution in [-0.4, -0.2) is 29.2 Å². The molecule has 1 atom stereocenters. The Kier molecular flexibility index (Phi) is 5.12. The summed E-state index contributed by atoms with van der Waals surface area (Å²) < 4.78 is 4.97. The van der Waals surface area contributed by atoms with Crippen molar-refractivity contribution in [2.24, 2.45) is 5.41 Å². The molecule has 2 N–H and O–H groups in total. The topological polar surface area (TPSA) is 102 Å². The summed E-state index contributed by atoms with van der Waals surface area (Å²) in [6.45, 7) is 5.63. The Balaban J connectivity index is 3.14. The number of nitro groups is 1. The molecule has 0 aliphatic rings. The third-order valence-electron chi connectivity index (χ3n) is 3.16. The fraction of sp³-hybridized carbons (Fsp3) is 0.500. The molecule has 0 saturated carbocycles. The van der Waals surface area contributed by atoms with Gasteiger partial charge in [0.2, 0.25) is 0 Å². The Hall–Kier alpha value is -2.31. The number of methoxy groups -OCH3 is 1. The van der Waals surface area contributed by atoms with Crippen LogP contribution in [0.1, 0.15) is 27.2 Å². The number of carbonyl (C=O) groups is 1. The number of benzene rings is 1. The van der Waals surface area contributed by atoms with E-state index in [1.807, 2.05) is 20.8 Å². The first-order valence-corrected chi connectivity index (χ1v) is 6.46. The highest BCUT2D eigenvalue weighted by Gasteiger charge is 2.29. The van der Waals surface area contributed by atoms with Crippen molar-refractivity contribution in [2.75, 3.05) is 12.4 Å². The number of ether oxygens (including phenoxy) is 1. The zero-order chi connectivity index (χ0) is 16.2. The minimum Gasteiger partial charge on any atom is -0.496 e. The number of anilines is 1. The van der Waals surface area contributed by atoms with E-state index in [4.69, 9.17) is 9.84 Å². The molecule has 7 nitrogen and oxygen atoms in total. The molecule has 21 heavy (non-hydrogen) atoms. The molecule has 0 aromatic heterocycles. The minimum atomic E-state index is -0.960. The third kappa shape index (κ3) is 4.62. The molecule has 0 radical (unpaired) electrons. The lowest BCUT2D eigenvalue weighted by Crippen LogP contribution is -2.36. The number of carboxylic acid groups (broad SMARTS) is 1. The highest BCUT2D eigenvalue weighted by molar-refractivity contribution is 5.70. The predicted octanol–water partition coefficient (Wildman–Crippen LogP) is 2.90. The zero-order valence-corrected chi connectivity index (χ0v) is 12.5. The van der Waals surface area contributed by atoms with Gasteiger partial charge < -0.3 is 15.2 Å². The van der Waals surface area contributed by atoms with Gasteiger partial charge in [0.05, 0.1) is 24.5 Å². The normalized spacial score (nSPS) is 12.6. The molecule has 1 aromatic carbocycles. The number of hydrogen-bond acceptors (Lipinski definition) is 5. The molecule has 0 saturated heterocycles. The summed E-state index contributed by atoms with van der Waals surface area (Å²) >= 11 is 0. The van der Waals surface area contributed by atoms with E-state index in [1.165, 1.54) is 19.2 Å². The number of rotatable bonds is 6. The van der Waals surface area contributed by atoms with Gasteiger partial charge in [-0.2, -0.15) is 0 Å². The molecular formula is C14H20N2O5. The Bertz CT molecular complexity index is 537. The van der Waals surface area contributed by atoms with Crippen molar-refractivity contribution in [3.63, 3.8) is 0 Å². The van der Waals surface area contributed by atoms with Crippen LogP contribution in [0.15, 0.2) is 18.2 Å². The molecule has 0 amide bonds. The summed E-state index contributed by atoms with van der Waals surface area (Å²) in [5.41, 5.74) is -0.234. The molecule has 0 spiro atoms. The molecular weight excluding hydrogens is 276 g/mol. The van der Waals surface area contributed by atoms with Gasteiger partial charge in [-0.15, -0.1) is 0 Å². The van der Waals surface area contributed by atoms with E-state index in [2.05, 4.69) is 5.32 Å². The number of aliphatic carboxylic acids is 1. The molecule has 1 aromatic rings. The quantitative estimate of drug-likeness (QED) is 0.618. The van der Waals surface area contributed by atoms with Crippen molar-refractivity contribution in [2.45, 2.75) is 33.2 Å². The fourth-order valence-corrected chi connectivity index (χ4v) is 1.85. The van der Waals surface area contributed by atoms with Gasteiger partial charge in [0.1, 0.15) is 11.4 Å². The van der Waals surface area contributed by atoms with E-state index in [-0.39, 0.29) is 23.2 Å². The van der Waals surface area contributed by atoms with E-state index >= 15 is 0 Å². The first-order chi connectivity index (χ1) is 9.65. The smallest absolute Gasteiger partial charge is 0.305 e. The molecule has 0 fully saturated rings. The fourth-order valence-electron chi connectivity index (χ4n) is 1.85. The van der Waals surface area contributed by atoms with E-state index in [0.717, 1.165) is 0 Å². The lowest BCUT2D eigenvalue weighted by molar-refractivity contribution is -0.384. The Morgan fingerprint density at radius 2 is 2.10 bits per heavy atom. The monoisotopic (exact) mass is 296 g/mol. The average Bonchev–Trinajstić information content (AvgIpc) is 2.36. The summed E-state index contributed by atoms with van der Waals surface area (Å²) in [6, 6.07) is 3.98. The molecule has 0 heterocycles. The van der Waals surface area contributed by atoms with Gasteiger partial charge in [0, 0.05) is 6.04 Å². The van der Waals surface area contributed by atoms with Gasteiger partial charge in [-0.25, -0.2) is 0 Å². The van der Waals surface area contributed by atoms with Crippen molar-refractivity contribution in [3.8, 4) is 5.75 Å². The standard InChI is InChI=1S/C14H20N2O5/c1-14(2,3)12(8-13(17)18)15-10-6-5-9(21-4)7-11(10)16(19)20/h5-7,12,15H,8H2,1-4H3,(H,17,18). The van der Waals surface area contributed by atoms with Gasteiger partial charge in [-0.1, -0.05) is 20.8 Å². The van der Waals surface area contributed by atoms with Gasteiger partial charge in [0.25, 0.3) is 5.69 Å². The largest absolute Gasteiger partial charge is 0.496 e. The molecule has 7 heteroatoms. The van der Waals surface area contributed by atoms with Crippen molar-refractivity contribution in [1.82, 2.24) is 0 Å². The van der Waals surface area contributed by atoms with Gasteiger partial charge in [0.15, 0.2) is 0 Å². The minimum absolute atomic E-state index is 0.132. The van der Waals surface area contributed by atoms with Gasteiger partial charge in [-0.3, -0.25) is 14.9 Å². The van der Waals surface area contributed by atoms with Crippen molar-refractivity contribution in [3.05, 3.63) is 28.3 Å². The highest BCUT2D eigenvalue weighted by atomic mass is 16.6. The summed E-state index contributed by atoms with van der Waals surface area (Å²) in [4.78, 5) is 21.6. The molecule has 1 unspecified atom stereocenters. The van der Waals surface area contributed by atoms with Crippen molar-refractivity contribution >= 4 is 17.3 Å². The van der Waals surface area contributed by atoms with Crippen LogP contribution in [0.3, 0.4) is 0 Å². The van der Waals surface area contributed by atoms with Crippen molar-refractivity contribution < 1.29 is 19.6 Å². The number of nitro benzene ring substituents is 1. The molecule has 116 valence electrons. The van der Waals surface area contributed by atoms with Gasteiger partial charge in [-0.05, 0) is 17.5 Å². The first kappa shape index (κ1) is 16.7. The lowest BCUT2D eigenvalue weighted by atomic mass is 9.84. The van der Waals surface area contributed by atoms with Crippen LogP contribution in [0.4, 0.5) is 11.4 Å².